The summed E-state index contributed by atoms with van der Waals surface area (Å²) in [5, 5.41) is 3.73. The van der Waals surface area contributed by atoms with E-state index < -0.39 is 0 Å². The number of Topliss-reactive ketones (excluding diaryl/α,β-unsaturated/α-hetero) is 1. The molecule has 0 aliphatic rings. The summed E-state index contributed by atoms with van der Waals surface area (Å²) in [4.78, 5) is 11.8. The number of rotatable bonds is 3. The van der Waals surface area contributed by atoms with Crippen LogP contribution >= 0.6 is 11.5 Å². The van der Waals surface area contributed by atoms with Gasteiger partial charge in [0.2, 0.25) is 0 Å². The molecule has 1 aromatic rings. The van der Waals surface area contributed by atoms with Crippen LogP contribution in [-0.4, -0.2) is 15.4 Å². The smallest absolute Gasteiger partial charge is 0.180 e. The van der Waals surface area contributed by atoms with E-state index in [1.54, 1.807) is 13.0 Å². The highest BCUT2D eigenvalue weighted by molar-refractivity contribution is 7.08. The topological polar surface area (TPSA) is 42.9 Å². The summed E-state index contributed by atoms with van der Waals surface area (Å²) < 4.78 is 3.66. The van der Waals surface area contributed by atoms with Gasteiger partial charge in [0.25, 0.3) is 0 Å². The van der Waals surface area contributed by atoms with Crippen molar-refractivity contribution < 1.29 is 4.79 Å². The number of allylic oxidation sites excluding steroid dienone is 1. The molecule has 0 amide bonds. The molecular weight excluding hydrogens is 160 g/mol. The molecule has 1 heterocycles. The first-order valence-electron chi connectivity index (χ1n) is 3.18. The molecular formula is C7H8N2OS. The van der Waals surface area contributed by atoms with Crippen LogP contribution in [0.3, 0.4) is 0 Å². The van der Waals surface area contributed by atoms with Gasteiger partial charge in [0.15, 0.2) is 5.78 Å². The Morgan fingerprint density at radius 2 is 2.55 bits per heavy atom. The summed E-state index contributed by atoms with van der Waals surface area (Å²) >= 11 is 1.14. The molecule has 4 heteroatoms. The molecule has 0 aliphatic carbocycles. The summed E-state index contributed by atoms with van der Waals surface area (Å²) in [6.07, 6.45) is 1.95. The number of hydrogen-bond acceptors (Lipinski definition) is 4. The molecule has 1 aromatic heterocycles. The van der Waals surface area contributed by atoms with Crippen LogP contribution in [0.15, 0.2) is 12.7 Å². The third kappa shape index (κ3) is 1.71. The highest BCUT2D eigenvalue weighted by atomic mass is 32.1. The number of aromatic nitrogens is 2. The third-order valence-electron chi connectivity index (χ3n) is 1.23. The van der Waals surface area contributed by atoms with Crippen LogP contribution in [0, 0.1) is 6.92 Å². The Hall–Kier alpha value is -1.03. The second kappa shape index (κ2) is 3.39. The summed E-state index contributed by atoms with van der Waals surface area (Å²) in [6, 6.07) is 0. The Labute approximate surface area is 68.9 Å². The van der Waals surface area contributed by atoms with Crippen LogP contribution in [0.2, 0.25) is 0 Å². The number of carbonyl (C=O) groups is 1. The third-order valence-corrected chi connectivity index (χ3v) is 2.10. The highest BCUT2D eigenvalue weighted by Crippen LogP contribution is 2.11. The normalized spacial score (nSPS) is 9.55. The quantitative estimate of drug-likeness (QED) is 0.508. The second-order valence-electron chi connectivity index (χ2n) is 2.10. The first-order chi connectivity index (χ1) is 5.25. The van der Waals surface area contributed by atoms with Crippen LogP contribution in [0.4, 0.5) is 0 Å². The monoisotopic (exact) mass is 168 g/mol. The SMILES string of the molecule is C=CCC(=O)c1snnc1C. The van der Waals surface area contributed by atoms with Gasteiger partial charge in [0, 0.05) is 6.42 Å². The van der Waals surface area contributed by atoms with Gasteiger partial charge in [-0.1, -0.05) is 10.6 Å². The lowest BCUT2D eigenvalue weighted by atomic mass is 10.2. The fraction of sp³-hybridized carbons (Fsp3) is 0.286. The van der Waals surface area contributed by atoms with E-state index >= 15 is 0 Å². The number of nitrogens with zero attached hydrogens (tertiary/aromatic N) is 2. The van der Waals surface area contributed by atoms with Gasteiger partial charge in [-0.3, -0.25) is 4.79 Å². The number of hydrogen-bond donors (Lipinski definition) is 0. The maximum Gasteiger partial charge on any atom is 0.180 e. The summed E-state index contributed by atoms with van der Waals surface area (Å²) in [5.41, 5.74) is 0.710. The van der Waals surface area contributed by atoms with Crippen LogP contribution in [-0.2, 0) is 0 Å². The molecule has 0 atom stereocenters. The molecule has 11 heavy (non-hydrogen) atoms. The van der Waals surface area contributed by atoms with Crippen LogP contribution < -0.4 is 0 Å². The predicted molar refractivity (Wildman–Crippen MR) is 43.8 cm³/mol. The molecule has 0 N–H and O–H groups in total. The molecule has 0 unspecified atom stereocenters. The maximum absolute atomic E-state index is 11.2. The van der Waals surface area contributed by atoms with Crippen LogP contribution in [0.25, 0.3) is 0 Å². The molecule has 0 saturated heterocycles. The summed E-state index contributed by atoms with van der Waals surface area (Å²) in [7, 11) is 0. The predicted octanol–water partition coefficient (Wildman–Crippen LogP) is 1.61. The highest BCUT2D eigenvalue weighted by Gasteiger charge is 2.10. The van der Waals surface area contributed by atoms with Crippen molar-refractivity contribution in [1.29, 1.82) is 0 Å². The van der Waals surface area contributed by atoms with Gasteiger partial charge in [-0.15, -0.1) is 11.7 Å². The largest absolute Gasteiger partial charge is 0.293 e. The van der Waals surface area contributed by atoms with E-state index in [-0.39, 0.29) is 5.78 Å². The lowest BCUT2D eigenvalue weighted by Crippen LogP contribution is -1.95. The average Bonchev–Trinajstić information content (AvgIpc) is 2.36. The first kappa shape index (κ1) is 8.07. The van der Waals surface area contributed by atoms with Gasteiger partial charge in [-0.2, -0.15) is 0 Å². The fourth-order valence-corrected chi connectivity index (χ4v) is 1.31. The van der Waals surface area contributed by atoms with Gasteiger partial charge in [-0.05, 0) is 18.5 Å². The van der Waals surface area contributed by atoms with Crippen molar-refractivity contribution in [2.75, 3.05) is 0 Å². The molecule has 0 aliphatic heterocycles. The van der Waals surface area contributed by atoms with Crippen molar-refractivity contribution in [3.63, 3.8) is 0 Å². The molecule has 3 nitrogen and oxygen atoms in total. The van der Waals surface area contributed by atoms with Crippen molar-refractivity contribution >= 4 is 17.3 Å². The van der Waals surface area contributed by atoms with E-state index in [1.807, 2.05) is 0 Å². The Morgan fingerprint density at radius 1 is 1.82 bits per heavy atom. The first-order valence-corrected chi connectivity index (χ1v) is 3.96. The van der Waals surface area contributed by atoms with Gasteiger partial charge in [0.05, 0.1) is 5.69 Å². The minimum atomic E-state index is 0.0486. The average molecular weight is 168 g/mol. The van der Waals surface area contributed by atoms with Gasteiger partial charge >= 0.3 is 0 Å². The summed E-state index contributed by atoms with van der Waals surface area (Å²) in [5.74, 6) is 0.0486. The van der Waals surface area contributed by atoms with Crippen molar-refractivity contribution in [2.24, 2.45) is 0 Å². The van der Waals surface area contributed by atoms with Gasteiger partial charge in [0.1, 0.15) is 4.88 Å². The standard InChI is InChI=1S/C7H8N2OS/c1-3-4-6(10)7-5(2)8-9-11-7/h3H,1,4H2,2H3. The zero-order chi connectivity index (χ0) is 8.27. The molecule has 1 rings (SSSR count). The Morgan fingerprint density at radius 3 is 3.00 bits per heavy atom. The molecule has 0 saturated carbocycles. The molecule has 0 bridgehead atoms. The molecule has 0 aromatic carbocycles. The minimum Gasteiger partial charge on any atom is -0.293 e. The Bertz CT molecular complexity index is 280. The van der Waals surface area contributed by atoms with Crippen molar-refractivity contribution in [1.82, 2.24) is 9.59 Å². The molecule has 58 valence electrons. The molecule has 0 fully saturated rings. The molecule has 0 spiro atoms. The number of aryl methyl sites for hydroxylation is 1. The number of ketones is 1. The van der Waals surface area contributed by atoms with Gasteiger partial charge in [-0.25, -0.2) is 0 Å². The van der Waals surface area contributed by atoms with E-state index in [1.165, 1.54) is 0 Å². The van der Waals surface area contributed by atoms with Crippen molar-refractivity contribution in [2.45, 2.75) is 13.3 Å². The van der Waals surface area contributed by atoms with E-state index in [4.69, 9.17) is 0 Å². The zero-order valence-electron chi connectivity index (χ0n) is 6.20. The Kier molecular flexibility index (Phi) is 2.48. The fourth-order valence-electron chi connectivity index (χ4n) is 0.710. The molecule has 0 radical (unpaired) electrons. The van der Waals surface area contributed by atoms with E-state index in [9.17, 15) is 4.79 Å². The van der Waals surface area contributed by atoms with Crippen LogP contribution in [0.5, 0.6) is 0 Å². The van der Waals surface area contributed by atoms with Gasteiger partial charge < -0.3 is 0 Å². The number of carbonyl (C=O) groups excluding carboxylic acids is 1. The van der Waals surface area contributed by atoms with E-state index in [2.05, 4.69) is 16.2 Å². The van der Waals surface area contributed by atoms with Crippen molar-refractivity contribution in [3.05, 3.63) is 23.2 Å². The lowest BCUT2D eigenvalue weighted by Gasteiger charge is -1.89. The van der Waals surface area contributed by atoms with E-state index in [0.29, 0.717) is 17.0 Å². The minimum absolute atomic E-state index is 0.0486. The maximum atomic E-state index is 11.2. The summed E-state index contributed by atoms with van der Waals surface area (Å²) in [6.45, 7) is 5.26. The lowest BCUT2D eigenvalue weighted by molar-refractivity contribution is 0.0999. The second-order valence-corrected chi connectivity index (χ2v) is 2.86. The van der Waals surface area contributed by atoms with E-state index in [0.717, 1.165) is 11.5 Å². The van der Waals surface area contributed by atoms with Crippen LogP contribution in [0.1, 0.15) is 21.8 Å². The zero-order valence-corrected chi connectivity index (χ0v) is 7.02. The van der Waals surface area contributed by atoms with Crippen molar-refractivity contribution in [3.8, 4) is 0 Å². The Balaban J connectivity index is 2.83.